The molecule has 0 amide bonds. The lowest BCUT2D eigenvalue weighted by molar-refractivity contribution is 0.824. The van der Waals surface area contributed by atoms with E-state index in [1.54, 1.807) is 0 Å². The molecule has 0 aliphatic carbocycles. The van der Waals surface area contributed by atoms with Crippen molar-refractivity contribution in [1.82, 2.24) is 9.97 Å². The van der Waals surface area contributed by atoms with Gasteiger partial charge in [0.15, 0.2) is 0 Å². The van der Waals surface area contributed by atoms with Gasteiger partial charge in [0.25, 0.3) is 0 Å². The first kappa shape index (κ1) is 8.07. The lowest BCUT2D eigenvalue weighted by Crippen LogP contribution is -2.06. The summed E-state index contributed by atoms with van der Waals surface area (Å²) < 4.78 is 0. The summed E-state index contributed by atoms with van der Waals surface area (Å²) in [4.78, 5) is 16.4. The summed E-state index contributed by atoms with van der Waals surface area (Å²) in [6.07, 6.45) is 0. The van der Waals surface area contributed by atoms with Crippen molar-refractivity contribution in [3.8, 4) is 0 Å². The van der Waals surface area contributed by atoms with Gasteiger partial charge in [0.2, 0.25) is 0 Å². The van der Waals surface area contributed by atoms with Crippen LogP contribution in [0.25, 0.3) is 11.0 Å². The molecule has 0 aliphatic rings. The molecule has 0 radical (unpaired) electrons. The third-order valence-electron chi connectivity index (χ3n) is 2.07. The third kappa shape index (κ3) is 1.25. The molecule has 2 aromatic rings. The topological polar surface area (TPSA) is 74.7 Å². The van der Waals surface area contributed by atoms with Gasteiger partial charge in [-0.15, -0.1) is 0 Å². The molecule has 68 valence electrons. The molecule has 0 bridgehead atoms. The summed E-state index contributed by atoms with van der Waals surface area (Å²) >= 11 is 0. The van der Waals surface area contributed by atoms with Crippen LogP contribution in [0.2, 0.25) is 0 Å². The molecule has 0 spiro atoms. The monoisotopic (exact) mass is 177 g/mol. The summed E-state index contributed by atoms with van der Waals surface area (Å²) in [6.45, 7) is 1.89. The van der Waals surface area contributed by atoms with Gasteiger partial charge in [-0.1, -0.05) is 12.1 Å². The van der Waals surface area contributed by atoms with Crippen LogP contribution in [0.1, 0.15) is 18.5 Å². The van der Waals surface area contributed by atoms with Crippen LogP contribution < -0.4 is 11.4 Å². The van der Waals surface area contributed by atoms with Crippen LogP contribution in [0.5, 0.6) is 0 Å². The molecule has 4 heteroatoms. The van der Waals surface area contributed by atoms with Crippen LogP contribution in [0.3, 0.4) is 0 Å². The molecular formula is C9H11N3O. The second kappa shape index (κ2) is 2.74. The van der Waals surface area contributed by atoms with Gasteiger partial charge in [0.1, 0.15) is 0 Å². The minimum absolute atomic E-state index is 0.0739. The third-order valence-corrected chi connectivity index (χ3v) is 2.07. The Kier molecular flexibility index (Phi) is 1.70. The van der Waals surface area contributed by atoms with Gasteiger partial charge in [-0.25, -0.2) is 4.79 Å². The molecule has 13 heavy (non-hydrogen) atoms. The molecule has 4 N–H and O–H groups in total. The molecule has 0 saturated heterocycles. The van der Waals surface area contributed by atoms with Crippen LogP contribution in [0.4, 0.5) is 0 Å². The average molecular weight is 177 g/mol. The lowest BCUT2D eigenvalue weighted by Gasteiger charge is -2.05. The Morgan fingerprint density at radius 2 is 2.15 bits per heavy atom. The zero-order valence-electron chi connectivity index (χ0n) is 7.29. The number of hydrogen-bond acceptors (Lipinski definition) is 2. The van der Waals surface area contributed by atoms with Gasteiger partial charge < -0.3 is 15.7 Å². The minimum Gasteiger partial charge on any atom is -0.324 e. The Balaban J connectivity index is 2.82. The second-order valence-corrected chi connectivity index (χ2v) is 3.14. The first-order valence-electron chi connectivity index (χ1n) is 4.15. The van der Waals surface area contributed by atoms with E-state index in [-0.39, 0.29) is 11.7 Å². The second-order valence-electron chi connectivity index (χ2n) is 3.14. The van der Waals surface area contributed by atoms with Gasteiger partial charge in [-0.2, -0.15) is 0 Å². The molecule has 2 rings (SSSR count). The van der Waals surface area contributed by atoms with E-state index in [0.717, 1.165) is 16.6 Å². The number of benzene rings is 1. The summed E-state index contributed by atoms with van der Waals surface area (Å²) in [7, 11) is 0. The van der Waals surface area contributed by atoms with Gasteiger partial charge in [-0.05, 0) is 18.6 Å². The molecule has 0 saturated carbocycles. The molecule has 1 heterocycles. The minimum atomic E-state index is -0.192. The maximum absolute atomic E-state index is 11.0. The highest BCUT2D eigenvalue weighted by atomic mass is 16.1. The fraction of sp³-hybridized carbons (Fsp3) is 0.222. The van der Waals surface area contributed by atoms with Crippen molar-refractivity contribution < 1.29 is 0 Å². The number of aromatic amines is 2. The maximum Gasteiger partial charge on any atom is 0.323 e. The van der Waals surface area contributed by atoms with E-state index < -0.39 is 0 Å². The Bertz CT molecular complexity index is 481. The number of hydrogen-bond donors (Lipinski definition) is 3. The predicted octanol–water partition coefficient (Wildman–Crippen LogP) is 0.876. The van der Waals surface area contributed by atoms with E-state index in [9.17, 15) is 4.79 Å². The summed E-state index contributed by atoms with van der Waals surface area (Å²) in [6, 6.07) is 5.57. The molecular weight excluding hydrogens is 166 g/mol. The molecule has 1 aromatic heterocycles. The van der Waals surface area contributed by atoms with Gasteiger partial charge in [-0.3, -0.25) is 0 Å². The maximum atomic E-state index is 11.0. The number of aromatic nitrogens is 2. The van der Waals surface area contributed by atoms with Crippen LogP contribution in [-0.4, -0.2) is 9.97 Å². The number of nitrogens with two attached hydrogens (primary N) is 1. The van der Waals surface area contributed by atoms with Gasteiger partial charge >= 0.3 is 5.69 Å². The van der Waals surface area contributed by atoms with E-state index in [0.29, 0.717) is 0 Å². The molecule has 1 atom stereocenters. The van der Waals surface area contributed by atoms with Crippen molar-refractivity contribution in [2.45, 2.75) is 13.0 Å². The van der Waals surface area contributed by atoms with Crippen molar-refractivity contribution in [2.24, 2.45) is 5.73 Å². The SMILES string of the molecule is CC(N)c1cccc2[nH]c(=O)[nH]c12. The van der Waals surface area contributed by atoms with E-state index in [1.165, 1.54) is 0 Å². The van der Waals surface area contributed by atoms with Gasteiger partial charge in [0.05, 0.1) is 11.0 Å². The van der Waals surface area contributed by atoms with Crippen molar-refractivity contribution in [3.05, 3.63) is 34.2 Å². The van der Waals surface area contributed by atoms with Crippen LogP contribution in [0, 0.1) is 0 Å². The normalized spacial score (nSPS) is 13.4. The zero-order chi connectivity index (χ0) is 9.42. The standard InChI is InChI=1S/C9H11N3O/c1-5(10)6-3-2-4-7-8(6)12-9(13)11-7/h2-5H,10H2,1H3,(H2,11,12,13). The highest BCUT2D eigenvalue weighted by Gasteiger charge is 2.06. The van der Waals surface area contributed by atoms with Crippen molar-refractivity contribution in [2.75, 3.05) is 0 Å². The molecule has 0 aliphatic heterocycles. The summed E-state index contributed by atoms with van der Waals surface area (Å²) in [5.74, 6) is 0. The number of fused-ring (bicyclic) bond motifs is 1. The van der Waals surface area contributed by atoms with Crippen LogP contribution in [-0.2, 0) is 0 Å². The average Bonchev–Trinajstić information content (AvgIpc) is 2.43. The molecule has 4 nitrogen and oxygen atoms in total. The van der Waals surface area contributed by atoms with E-state index >= 15 is 0 Å². The summed E-state index contributed by atoms with van der Waals surface area (Å²) in [5, 5.41) is 0. The molecule has 0 fully saturated rings. The van der Waals surface area contributed by atoms with Crippen molar-refractivity contribution in [3.63, 3.8) is 0 Å². The quantitative estimate of drug-likeness (QED) is 0.604. The summed E-state index contributed by atoms with van der Waals surface area (Å²) in [5.41, 5.74) is 8.13. The van der Waals surface area contributed by atoms with Crippen molar-refractivity contribution >= 4 is 11.0 Å². The van der Waals surface area contributed by atoms with Crippen LogP contribution >= 0.6 is 0 Å². The first-order chi connectivity index (χ1) is 6.18. The molecule has 1 unspecified atom stereocenters. The Hall–Kier alpha value is -1.55. The Morgan fingerprint density at radius 1 is 1.38 bits per heavy atom. The fourth-order valence-corrected chi connectivity index (χ4v) is 1.46. The van der Waals surface area contributed by atoms with Crippen LogP contribution in [0.15, 0.2) is 23.0 Å². The van der Waals surface area contributed by atoms with E-state index in [2.05, 4.69) is 9.97 Å². The number of nitrogens with one attached hydrogen (secondary N) is 2. The first-order valence-corrected chi connectivity index (χ1v) is 4.15. The highest BCUT2D eigenvalue weighted by molar-refractivity contribution is 5.78. The predicted molar refractivity (Wildman–Crippen MR) is 51.5 cm³/mol. The Morgan fingerprint density at radius 3 is 2.85 bits per heavy atom. The Labute approximate surface area is 74.8 Å². The number of rotatable bonds is 1. The van der Waals surface area contributed by atoms with E-state index in [4.69, 9.17) is 5.73 Å². The zero-order valence-corrected chi connectivity index (χ0v) is 7.29. The lowest BCUT2D eigenvalue weighted by atomic mass is 10.1. The fourth-order valence-electron chi connectivity index (χ4n) is 1.46. The smallest absolute Gasteiger partial charge is 0.323 e. The van der Waals surface area contributed by atoms with Crippen molar-refractivity contribution in [1.29, 1.82) is 0 Å². The number of imidazole rings is 1. The molecule has 1 aromatic carbocycles. The van der Waals surface area contributed by atoms with Gasteiger partial charge in [0, 0.05) is 6.04 Å². The number of H-pyrrole nitrogens is 2. The largest absolute Gasteiger partial charge is 0.324 e. The highest BCUT2D eigenvalue weighted by Crippen LogP contribution is 2.17. The van der Waals surface area contributed by atoms with E-state index in [1.807, 2.05) is 25.1 Å². The number of para-hydroxylation sites is 1.